The molecule has 0 heterocycles. The molecule has 0 radical (unpaired) electrons. The van der Waals surface area contributed by atoms with Gasteiger partial charge in [-0.05, 0) is 23.3 Å². The lowest BCUT2D eigenvalue weighted by Gasteiger charge is -2.25. The third-order valence-corrected chi connectivity index (χ3v) is 3.16. The van der Waals surface area contributed by atoms with Crippen LogP contribution in [0.3, 0.4) is 0 Å². The lowest BCUT2D eigenvalue weighted by molar-refractivity contribution is -0.137. The van der Waals surface area contributed by atoms with Gasteiger partial charge in [0.05, 0.1) is 5.56 Å². The van der Waals surface area contributed by atoms with E-state index in [0.29, 0.717) is 0 Å². The van der Waals surface area contributed by atoms with Crippen LogP contribution in [0.25, 0.3) is 0 Å². The van der Waals surface area contributed by atoms with Crippen LogP contribution in [-0.2, 0) is 11.8 Å². The minimum Gasteiger partial charge on any atom is -0.327 e. The van der Waals surface area contributed by atoms with Gasteiger partial charge in [-0.2, -0.15) is 13.2 Å². The van der Waals surface area contributed by atoms with Crippen LogP contribution in [0.4, 0.5) is 17.6 Å². The highest BCUT2D eigenvalue weighted by atomic mass is 19.4. The Balaban J connectivity index is 2.53. The minimum atomic E-state index is -4.51. The first-order chi connectivity index (χ1) is 9.38. The third kappa shape index (κ3) is 2.67. The minimum absolute atomic E-state index is 0.0963. The third-order valence-electron chi connectivity index (χ3n) is 3.16. The summed E-state index contributed by atoms with van der Waals surface area (Å²) in [5, 5.41) is 0. The fourth-order valence-electron chi connectivity index (χ4n) is 2.05. The Hall–Kier alpha value is -1.88. The van der Waals surface area contributed by atoms with Crippen molar-refractivity contribution < 1.29 is 17.6 Å². The Morgan fingerprint density at radius 2 is 1.30 bits per heavy atom. The molecule has 2 aromatic carbocycles. The van der Waals surface area contributed by atoms with Crippen LogP contribution >= 0.6 is 0 Å². The average Bonchev–Trinajstić information content (AvgIpc) is 2.46. The van der Waals surface area contributed by atoms with Gasteiger partial charge in [-0.15, -0.1) is 0 Å². The Labute approximate surface area is 114 Å². The van der Waals surface area contributed by atoms with E-state index < -0.39 is 24.0 Å². The summed E-state index contributed by atoms with van der Waals surface area (Å²) in [7, 11) is 0. The Morgan fingerprint density at radius 1 is 0.750 bits per heavy atom. The van der Waals surface area contributed by atoms with Gasteiger partial charge in [-0.3, -0.25) is 0 Å². The van der Waals surface area contributed by atoms with Crippen LogP contribution < -0.4 is 5.73 Å². The maximum Gasteiger partial charge on any atom is 0.416 e. The Morgan fingerprint density at radius 3 is 1.85 bits per heavy atom. The molecule has 5 heteroatoms. The van der Waals surface area contributed by atoms with E-state index in [1.807, 2.05) is 0 Å². The number of halogens is 4. The largest absolute Gasteiger partial charge is 0.416 e. The monoisotopic (exact) mass is 283 g/mol. The SMILES string of the molecule is NCC(F)(c1ccccc1)c1cccc(C(F)(F)F)c1. The highest BCUT2D eigenvalue weighted by Gasteiger charge is 2.36. The summed E-state index contributed by atoms with van der Waals surface area (Å²) < 4.78 is 53.2. The van der Waals surface area contributed by atoms with Gasteiger partial charge in [-0.25, -0.2) is 4.39 Å². The van der Waals surface area contributed by atoms with Crippen molar-refractivity contribution in [2.24, 2.45) is 5.73 Å². The summed E-state index contributed by atoms with van der Waals surface area (Å²) in [4.78, 5) is 0. The van der Waals surface area contributed by atoms with Gasteiger partial charge in [0.25, 0.3) is 0 Å². The molecule has 2 aromatic rings. The summed E-state index contributed by atoms with van der Waals surface area (Å²) >= 11 is 0. The molecule has 2 rings (SSSR count). The quantitative estimate of drug-likeness (QED) is 0.850. The van der Waals surface area contributed by atoms with Crippen molar-refractivity contribution in [2.45, 2.75) is 11.8 Å². The molecular weight excluding hydrogens is 270 g/mol. The van der Waals surface area contributed by atoms with Crippen LogP contribution in [-0.4, -0.2) is 6.54 Å². The van der Waals surface area contributed by atoms with Gasteiger partial charge in [0.15, 0.2) is 5.67 Å². The van der Waals surface area contributed by atoms with Gasteiger partial charge < -0.3 is 5.73 Å². The zero-order valence-corrected chi connectivity index (χ0v) is 10.5. The molecule has 106 valence electrons. The Kier molecular flexibility index (Phi) is 3.81. The number of alkyl halides is 4. The van der Waals surface area contributed by atoms with E-state index in [4.69, 9.17) is 5.73 Å². The number of benzene rings is 2. The predicted octanol–water partition coefficient (Wildman–Crippen LogP) is 3.88. The van der Waals surface area contributed by atoms with E-state index in [1.54, 1.807) is 18.2 Å². The first-order valence-electron chi connectivity index (χ1n) is 6.00. The molecule has 0 aliphatic heterocycles. The molecule has 0 saturated carbocycles. The smallest absolute Gasteiger partial charge is 0.327 e. The molecule has 1 nitrogen and oxygen atoms in total. The molecule has 2 N–H and O–H groups in total. The maximum atomic E-state index is 15.1. The maximum absolute atomic E-state index is 15.1. The van der Waals surface area contributed by atoms with Crippen molar-refractivity contribution in [3.63, 3.8) is 0 Å². The molecule has 0 amide bonds. The van der Waals surface area contributed by atoms with Crippen molar-refractivity contribution in [3.05, 3.63) is 71.3 Å². The van der Waals surface area contributed by atoms with E-state index in [1.165, 1.54) is 24.3 Å². The van der Waals surface area contributed by atoms with Gasteiger partial charge in [-0.1, -0.05) is 42.5 Å². The average molecular weight is 283 g/mol. The van der Waals surface area contributed by atoms with Crippen molar-refractivity contribution in [1.82, 2.24) is 0 Å². The first kappa shape index (κ1) is 14.5. The molecule has 0 aromatic heterocycles. The second-order valence-corrected chi connectivity index (χ2v) is 4.45. The van der Waals surface area contributed by atoms with Crippen LogP contribution in [0.15, 0.2) is 54.6 Å². The topological polar surface area (TPSA) is 26.0 Å². The molecule has 20 heavy (non-hydrogen) atoms. The molecule has 0 aliphatic carbocycles. The van der Waals surface area contributed by atoms with E-state index in [2.05, 4.69) is 0 Å². The van der Waals surface area contributed by atoms with Crippen LogP contribution in [0.1, 0.15) is 16.7 Å². The molecule has 0 spiro atoms. The van der Waals surface area contributed by atoms with Crippen LogP contribution in [0.5, 0.6) is 0 Å². The van der Waals surface area contributed by atoms with Crippen molar-refractivity contribution in [3.8, 4) is 0 Å². The molecule has 0 aliphatic rings. The van der Waals surface area contributed by atoms with Gasteiger partial charge in [0.2, 0.25) is 0 Å². The Bertz CT molecular complexity index is 580. The summed E-state index contributed by atoms with van der Waals surface area (Å²) in [5.41, 5.74) is 2.59. The van der Waals surface area contributed by atoms with E-state index in [-0.39, 0.29) is 11.1 Å². The lowest BCUT2D eigenvalue weighted by atomic mass is 9.87. The highest BCUT2D eigenvalue weighted by molar-refractivity contribution is 5.39. The summed E-state index contributed by atoms with van der Waals surface area (Å²) in [5.74, 6) is 0. The second-order valence-electron chi connectivity index (χ2n) is 4.45. The van der Waals surface area contributed by atoms with Gasteiger partial charge in [0.1, 0.15) is 0 Å². The number of nitrogens with two attached hydrogens (primary N) is 1. The number of rotatable bonds is 3. The number of hydrogen-bond donors (Lipinski definition) is 1. The summed E-state index contributed by atoms with van der Waals surface area (Å²) in [6.45, 7) is -0.432. The zero-order valence-electron chi connectivity index (χ0n) is 10.5. The fraction of sp³-hybridized carbons (Fsp3) is 0.200. The second kappa shape index (κ2) is 5.25. The van der Waals surface area contributed by atoms with Crippen molar-refractivity contribution in [2.75, 3.05) is 6.54 Å². The van der Waals surface area contributed by atoms with Crippen molar-refractivity contribution >= 4 is 0 Å². The van der Waals surface area contributed by atoms with Gasteiger partial charge in [0, 0.05) is 6.54 Å². The van der Waals surface area contributed by atoms with Crippen LogP contribution in [0, 0.1) is 0 Å². The van der Waals surface area contributed by atoms with E-state index in [9.17, 15) is 13.2 Å². The molecule has 0 fully saturated rings. The molecule has 0 saturated heterocycles. The van der Waals surface area contributed by atoms with Crippen LogP contribution in [0.2, 0.25) is 0 Å². The van der Waals surface area contributed by atoms with E-state index in [0.717, 1.165) is 12.1 Å². The predicted molar refractivity (Wildman–Crippen MR) is 68.8 cm³/mol. The molecule has 0 bridgehead atoms. The summed E-state index contributed by atoms with van der Waals surface area (Å²) in [6, 6.07) is 12.2. The molecule has 1 atom stereocenters. The normalized spacial score (nSPS) is 14.8. The molecular formula is C15H13F4N. The van der Waals surface area contributed by atoms with E-state index >= 15 is 4.39 Å². The van der Waals surface area contributed by atoms with Crippen molar-refractivity contribution in [1.29, 1.82) is 0 Å². The standard InChI is InChI=1S/C15H13F4N/c16-14(10-20,11-5-2-1-3-6-11)12-7-4-8-13(9-12)15(17,18)19/h1-9H,10,20H2. The highest BCUT2D eigenvalue weighted by Crippen LogP contribution is 2.36. The number of hydrogen-bond acceptors (Lipinski definition) is 1. The molecule has 1 unspecified atom stereocenters. The summed E-state index contributed by atoms with van der Waals surface area (Å²) in [6.07, 6.45) is -4.51. The zero-order chi connectivity index (χ0) is 14.8. The van der Waals surface area contributed by atoms with Gasteiger partial charge >= 0.3 is 6.18 Å². The fourth-order valence-corrected chi connectivity index (χ4v) is 2.05. The first-order valence-corrected chi connectivity index (χ1v) is 6.00. The lowest BCUT2D eigenvalue weighted by Crippen LogP contribution is -2.32.